The lowest BCUT2D eigenvalue weighted by Gasteiger charge is -2.38. The van der Waals surface area contributed by atoms with Gasteiger partial charge in [-0.1, -0.05) is 43.7 Å². The molecule has 0 aromatic heterocycles. The summed E-state index contributed by atoms with van der Waals surface area (Å²) in [7, 11) is 0. The van der Waals surface area contributed by atoms with Crippen molar-refractivity contribution in [1.82, 2.24) is 5.32 Å². The number of allylic oxidation sites excluding steroid dienone is 4. The molecular weight excluding hydrogens is 346 g/mol. The Balaban J connectivity index is 1.72. The third-order valence-electron chi connectivity index (χ3n) is 5.99. The molecular formula is C25H41NO2. The van der Waals surface area contributed by atoms with Gasteiger partial charge >= 0.3 is 0 Å². The smallest absolute Gasteiger partial charge is 0.243 e. The Hall–Kier alpha value is -1.35. The van der Waals surface area contributed by atoms with Crippen molar-refractivity contribution in [3.05, 3.63) is 36.0 Å². The van der Waals surface area contributed by atoms with Crippen LogP contribution in [0.25, 0.3) is 0 Å². The van der Waals surface area contributed by atoms with Crippen molar-refractivity contribution in [3.8, 4) is 0 Å². The molecule has 1 aliphatic carbocycles. The van der Waals surface area contributed by atoms with Gasteiger partial charge in [0, 0.05) is 6.04 Å². The fourth-order valence-electron chi connectivity index (χ4n) is 4.64. The van der Waals surface area contributed by atoms with Crippen LogP contribution in [-0.2, 0) is 9.53 Å². The van der Waals surface area contributed by atoms with E-state index < -0.39 is 0 Å². The monoisotopic (exact) mass is 387 g/mol. The summed E-state index contributed by atoms with van der Waals surface area (Å²) in [6.07, 6.45) is 19.6. The molecule has 2 rings (SSSR count). The molecule has 1 amide bonds. The molecule has 0 aromatic carbocycles. The highest BCUT2D eigenvalue weighted by atomic mass is 16.5. The molecule has 0 radical (unpaired) electrons. The number of hydrogen-bond acceptors (Lipinski definition) is 2. The van der Waals surface area contributed by atoms with Crippen LogP contribution in [0.15, 0.2) is 36.0 Å². The molecule has 3 heteroatoms. The second-order valence-corrected chi connectivity index (χ2v) is 9.54. The van der Waals surface area contributed by atoms with Crippen LogP contribution in [0.2, 0.25) is 0 Å². The Labute approximate surface area is 172 Å². The quantitative estimate of drug-likeness (QED) is 0.422. The Morgan fingerprint density at radius 3 is 2.54 bits per heavy atom. The Bertz CT molecular complexity index is 579. The maximum absolute atomic E-state index is 11.8. The molecule has 2 atom stereocenters. The number of carbonyl (C=O) groups is 1. The second kappa shape index (κ2) is 11.0. The van der Waals surface area contributed by atoms with Gasteiger partial charge in [-0.2, -0.15) is 0 Å². The second-order valence-electron chi connectivity index (χ2n) is 9.54. The maximum Gasteiger partial charge on any atom is 0.243 e. The Morgan fingerprint density at radius 2 is 1.89 bits per heavy atom. The predicted molar refractivity (Wildman–Crippen MR) is 118 cm³/mol. The number of ether oxygens (including phenoxy) is 1. The zero-order chi connectivity index (χ0) is 20.6. The largest absolute Gasteiger partial charge is 0.368 e. The summed E-state index contributed by atoms with van der Waals surface area (Å²) >= 11 is 0. The van der Waals surface area contributed by atoms with Crippen molar-refractivity contribution in [2.45, 2.75) is 104 Å². The minimum absolute atomic E-state index is 0.00925. The summed E-state index contributed by atoms with van der Waals surface area (Å²) in [4.78, 5) is 11.8. The van der Waals surface area contributed by atoms with E-state index in [1.54, 1.807) is 6.08 Å². The topological polar surface area (TPSA) is 38.3 Å². The summed E-state index contributed by atoms with van der Waals surface area (Å²) in [5.74, 6) is 1.53. The van der Waals surface area contributed by atoms with Crippen molar-refractivity contribution >= 4 is 5.91 Å². The zero-order valence-electron chi connectivity index (χ0n) is 18.7. The molecule has 2 unspecified atom stereocenters. The fourth-order valence-corrected chi connectivity index (χ4v) is 4.64. The van der Waals surface area contributed by atoms with Crippen LogP contribution in [0.4, 0.5) is 0 Å². The molecule has 1 aliphatic heterocycles. The molecule has 1 saturated carbocycles. The number of nitrogens with one attached hydrogen (secondary N) is 1. The van der Waals surface area contributed by atoms with Crippen molar-refractivity contribution < 1.29 is 9.53 Å². The van der Waals surface area contributed by atoms with Crippen LogP contribution < -0.4 is 5.32 Å². The van der Waals surface area contributed by atoms with Crippen molar-refractivity contribution in [2.75, 3.05) is 0 Å². The van der Waals surface area contributed by atoms with Gasteiger partial charge in [-0.25, -0.2) is 0 Å². The molecule has 1 saturated heterocycles. The van der Waals surface area contributed by atoms with Crippen molar-refractivity contribution in [1.29, 1.82) is 0 Å². The lowest BCUT2D eigenvalue weighted by Crippen LogP contribution is -2.38. The Kier molecular flexibility index (Phi) is 9.01. The van der Waals surface area contributed by atoms with Gasteiger partial charge in [-0.3, -0.25) is 4.79 Å². The standard InChI is InChI=1S/C25H41NO2/c1-6-7-8-24(27)26-22-14-12-21(13-15-22)11-9-19(2)10-16-23-17-20(3)18-25(4,5)28-23/h7-10,16,20-23H,6,11-15,17-18H2,1-5H3,(H,26,27)/b8-7-,16-10+,19-9+. The van der Waals surface area contributed by atoms with E-state index in [2.05, 4.69) is 51.2 Å². The van der Waals surface area contributed by atoms with Gasteiger partial charge < -0.3 is 10.1 Å². The minimum Gasteiger partial charge on any atom is -0.368 e. The summed E-state index contributed by atoms with van der Waals surface area (Å²) in [5, 5.41) is 3.14. The molecule has 1 heterocycles. The first-order chi connectivity index (χ1) is 13.3. The van der Waals surface area contributed by atoms with Crippen LogP contribution in [0.5, 0.6) is 0 Å². The van der Waals surface area contributed by atoms with E-state index in [4.69, 9.17) is 4.74 Å². The van der Waals surface area contributed by atoms with Gasteiger partial charge in [-0.05, 0) is 90.0 Å². The first kappa shape index (κ1) is 22.9. The first-order valence-corrected chi connectivity index (χ1v) is 11.3. The maximum atomic E-state index is 11.8. The number of amides is 1. The van der Waals surface area contributed by atoms with E-state index in [1.807, 2.05) is 13.0 Å². The predicted octanol–water partition coefficient (Wildman–Crippen LogP) is 6.11. The molecule has 0 aromatic rings. The molecule has 2 fully saturated rings. The highest BCUT2D eigenvalue weighted by Crippen LogP contribution is 2.33. The molecule has 158 valence electrons. The number of rotatable bonds is 7. The summed E-state index contributed by atoms with van der Waals surface area (Å²) < 4.78 is 6.20. The zero-order valence-corrected chi connectivity index (χ0v) is 18.7. The van der Waals surface area contributed by atoms with Gasteiger partial charge in [0.2, 0.25) is 5.91 Å². The SMILES string of the molecule is CC/C=C\C(=O)NC1CCC(C/C=C(C)/C=C/C2CC(C)CC(C)(C)O2)CC1. The number of hydrogen-bond donors (Lipinski definition) is 1. The highest BCUT2D eigenvalue weighted by molar-refractivity contribution is 5.87. The summed E-state index contributed by atoms with van der Waals surface area (Å²) in [5.41, 5.74) is 1.32. The van der Waals surface area contributed by atoms with Crippen LogP contribution >= 0.6 is 0 Å². The van der Waals surface area contributed by atoms with E-state index >= 15 is 0 Å². The summed E-state index contributed by atoms with van der Waals surface area (Å²) in [6.45, 7) is 11.0. The fraction of sp³-hybridized carbons (Fsp3) is 0.720. The van der Waals surface area contributed by atoms with Gasteiger partial charge in [0.05, 0.1) is 11.7 Å². The lowest BCUT2D eigenvalue weighted by atomic mass is 9.83. The molecule has 28 heavy (non-hydrogen) atoms. The van der Waals surface area contributed by atoms with Crippen LogP contribution in [0.1, 0.15) is 86.0 Å². The van der Waals surface area contributed by atoms with Gasteiger partial charge in [0.15, 0.2) is 0 Å². The van der Waals surface area contributed by atoms with Gasteiger partial charge in [-0.15, -0.1) is 0 Å². The van der Waals surface area contributed by atoms with Crippen molar-refractivity contribution in [2.24, 2.45) is 11.8 Å². The Morgan fingerprint density at radius 1 is 1.18 bits per heavy atom. The first-order valence-electron chi connectivity index (χ1n) is 11.3. The molecule has 2 aliphatic rings. The molecule has 3 nitrogen and oxygen atoms in total. The lowest BCUT2D eigenvalue weighted by molar-refractivity contribution is -0.117. The average molecular weight is 388 g/mol. The molecule has 0 bridgehead atoms. The average Bonchev–Trinajstić information content (AvgIpc) is 2.62. The molecule has 0 spiro atoms. The van der Waals surface area contributed by atoms with Crippen LogP contribution in [0.3, 0.4) is 0 Å². The van der Waals surface area contributed by atoms with E-state index in [9.17, 15) is 4.79 Å². The third kappa shape index (κ3) is 8.34. The number of carbonyl (C=O) groups excluding carboxylic acids is 1. The summed E-state index contributed by atoms with van der Waals surface area (Å²) in [6, 6.07) is 0.351. The van der Waals surface area contributed by atoms with Gasteiger partial charge in [0.25, 0.3) is 0 Å². The van der Waals surface area contributed by atoms with Crippen LogP contribution in [0, 0.1) is 11.8 Å². The van der Waals surface area contributed by atoms with Gasteiger partial charge in [0.1, 0.15) is 0 Å². The van der Waals surface area contributed by atoms with Crippen LogP contribution in [-0.4, -0.2) is 23.7 Å². The van der Waals surface area contributed by atoms with E-state index in [0.29, 0.717) is 6.04 Å². The highest BCUT2D eigenvalue weighted by Gasteiger charge is 2.31. The third-order valence-corrected chi connectivity index (χ3v) is 5.99. The van der Waals surface area contributed by atoms with E-state index in [-0.39, 0.29) is 17.6 Å². The molecule has 1 N–H and O–H groups in total. The minimum atomic E-state index is -0.00925. The van der Waals surface area contributed by atoms with E-state index in [0.717, 1.165) is 50.4 Å². The van der Waals surface area contributed by atoms with Crippen molar-refractivity contribution in [3.63, 3.8) is 0 Å². The normalized spacial score (nSPS) is 31.4. The van der Waals surface area contributed by atoms with E-state index in [1.165, 1.54) is 18.4 Å².